The van der Waals surface area contributed by atoms with Crippen molar-refractivity contribution >= 4 is 5.95 Å². The van der Waals surface area contributed by atoms with Gasteiger partial charge < -0.3 is 14.6 Å². The van der Waals surface area contributed by atoms with Crippen LogP contribution in [0.15, 0.2) is 6.20 Å². The molecule has 0 amide bonds. The summed E-state index contributed by atoms with van der Waals surface area (Å²) in [7, 11) is 0. The van der Waals surface area contributed by atoms with E-state index in [-0.39, 0.29) is 6.10 Å². The van der Waals surface area contributed by atoms with E-state index in [9.17, 15) is 0 Å². The minimum Gasteiger partial charge on any atom is -0.377 e. The molecule has 0 fully saturated rings. The van der Waals surface area contributed by atoms with Crippen LogP contribution in [0.3, 0.4) is 0 Å². The van der Waals surface area contributed by atoms with Crippen molar-refractivity contribution in [3.8, 4) is 0 Å². The van der Waals surface area contributed by atoms with Crippen molar-refractivity contribution in [2.24, 2.45) is 0 Å². The average Bonchev–Trinajstić information content (AvgIpc) is 2.44. The third-order valence-electron chi connectivity index (χ3n) is 2.10. The third-order valence-corrected chi connectivity index (χ3v) is 2.10. The van der Waals surface area contributed by atoms with Crippen LogP contribution in [0.1, 0.15) is 33.4 Å². The Balaban J connectivity index is 2.56. The summed E-state index contributed by atoms with van der Waals surface area (Å²) in [4.78, 5) is 4.44. The Morgan fingerprint density at radius 1 is 1.38 bits per heavy atom. The number of nitrogens with one attached hydrogen (secondary N) is 1. The topological polar surface area (TPSA) is 39.1 Å². The van der Waals surface area contributed by atoms with E-state index in [0.29, 0.717) is 6.04 Å². The van der Waals surface area contributed by atoms with E-state index in [0.717, 1.165) is 24.8 Å². The van der Waals surface area contributed by atoms with Crippen molar-refractivity contribution in [1.29, 1.82) is 0 Å². The lowest BCUT2D eigenvalue weighted by Gasteiger charge is -2.13. The summed E-state index contributed by atoms with van der Waals surface area (Å²) >= 11 is 0. The summed E-state index contributed by atoms with van der Waals surface area (Å²) in [5, 5.41) is 3.33. The predicted molar refractivity (Wildman–Crippen MR) is 66.8 cm³/mol. The van der Waals surface area contributed by atoms with Gasteiger partial charge in [0.05, 0.1) is 18.4 Å². The Bertz CT molecular complexity index is 318. The van der Waals surface area contributed by atoms with Gasteiger partial charge in [0, 0.05) is 18.8 Å². The first kappa shape index (κ1) is 13.0. The lowest BCUT2D eigenvalue weighted by atomic mass is 10.4. The lowest BCUT2D eigenvalue weighted by molar-refractivity contribution is 0.0730. The fourth-order valence-electron chi connectivity index (χ4n) is 1.48. The molecule has 0 unspecified atom stereocenters. The van der Waals surface area contributed by atoms with Gasteiger partial charge in [0.1, 0.15) is 0 Å². The molecule has 1 N–H and O–H groups in total. The molecule has 0 aliphatic rings. The zero-order valence-electron chi connectivity index (χ0n) is 10.9. The Morgan fingerprint density at radius 3 is 2.62 bits per heavy atom. The Labute approximate surface area is 98.0 Å². The van der Waals surface area contributed by atoms with E-state index in [2.05, 4.69) is 34.9 Å². The maximum absolute atomic E-state index is 5.54. The highest BCUT2D eigenvalue weighted by Gasteiger charge is 2.06. The van der Waals surface area contributed by atoms with Gasteiger partial charge in [-0.25, -0.2) is 4.98 Å². The van der Waals surface area contributed by atoms with Crippen LogP contribution in [-0.2, 0) is 11.3 Å². The standard InChI is InChI=1S/C12H23N3O/c1-9(2)13-12-14-11(5)8-15(12)6-7-16-10(3)4/h8-10H,6-7H2,1-5H3,(H,13,14). The molecule has 0 aliphatic carbocycles. The van der Waals surface area contributed by atoms with Gasteiger partial charge in [0.25, 0.3) is 0 Å². The zero-order valence-corrected chi connectivity index (χ0v) is 10.9. The zero-order chi connectivity index (χ0) is 12.1. The van der Waals surface area contributed by atoms with E-state index in [1.807, 2.05) is 20.8 Å². The van der Waals surface area contributed by atoms with Crippen molar-refractivity contribution in [3.63, 3.8) is 0 Å². The van der Waals surface area contributed by atoms with E-state index < -0.39 is 0 Å². The highest BCUT2D eigenvalue weighted by Crippen LogP contribution is 2.09. The Morgan fingerprint density at radius 2 is 2.06 bits per heavy atom. The van der Waals surface area contributed by atoms with Crippen molar-refractivity contribution in [2.45, 2.75) is 53.3 Å². The number of anilines is 1. The lowest BCUT2D eigenvalue weighted by Crippen LogP contribution is -2.17. The summed E-state index contributed by atoms with van der Waals surface area (Å²) < 4.78 is 7.65. The molecule has 1 rings (SSSR count). The van der Waals surface area contributed by atoms with Crippen LogP contribution < -0.4 is 5.32 Å². The number of rotatable bonds is 6. The van der Waals surface area contributed by atoms with Crippen LogP contribution in [0.2, 0.25) is 0 Å². The Kier molecular flexibility index (Phi) is 4.80. The second kappa shape index (κ2) is 5.89. The monoisotopic (exact) mass is 225 g/mol. The van der Waals surface area contributed by atoms with Gasteiger partial charge in [-0.3, -0.25) is 0 Å². The van der Waals surface area contributed by atoms with E-state index in [1.54, 1.807) is 0 Å². The summed E-state index contributed by atoms with van der Waals surface area (Å²) in [6.45, 7) is 11.9. The number of hydrogen-bond acceptors (Lipinski definition) is 3. The Hall–Kier alpha value is -1.03. The predicted octanol–water partition coefficient (Wildman–Crippen LogP) is 2.44. The molecule has 0 atom stereocenters. The van der Waals surface area contributed by atoms with Crippen molar-refractivity contribution < 1.29 is 4.74 Å². The van der Waals surface area contributed by atoms with E-state index >= 15 is 0 Å². The molecule has 0 spiro atoms. The fourth-order valence-corrected chi connectivity index (χ4v) is 1.48. The molecule has 1 aromatic rings. The second-order valence-corrected chi connectivity index (χ2v) is 4.62. The van der Waals surface area contributed by atoms with Crippen LogP contribution in [0.5, 0.6) is 0 Å². The van der Waals surface area contributed by atoms with Gasteiger partial charge in [-0.05, 0) is 34.6 Å². The number of aryl methyl sites for hydroxylation is 1. The molecule has 0 bridgehead atoms. The molecular weight excluding hydrogens is 202 g/mol. The molecule has 1 aromatic heterocycles. The second-order valence-electron chi connectivity index (χ2n) is 4.62. The smallest absolute Gasteiger partial charge is 0.203 e. The van der Waals surface area contributed by atoms with Crippen LogP contribution in [0, 0.1) is 6.92 Å². The maximum Gasteiger partial charge on any atom is 0.203 e. The van der Waals surface area contributed by atoms with Crippen LogP contribution in [0.25, 0.3) is 0 Å². The number of nitrogens with zero attached hydrogens (tertiary/aromatic N) is 2. The van der Waals surface area contributed by atoms with E-state index in [1.165, 1.54) is 0 Å². The van der Waals surface area contributed by atoms with Crippen LogP contribution in [0.4, 0.5) is 5.95 Å². The first-order chi connectivity index (χ1) is 7.49. The average molecular weight is 225 g/mol. The molecule has 0 saturated heterocycles. The third kappa shape index (κ3) is 4.23. The molecule has 4 heteroatoms. The molecule has 4 nitrogen and oxygen atoms in total. The molecule has 0 saturated carbocycles. The van der Waals surface area contributed by atoms with Crippen LogP contribution >= 0.6 is 0 Å². The molecule has 16 heavy (non-hydrogen) atoms. The number of imidazole rings is 1. The first-order valence-corrected chi connectivity index (χ1v) is 5.91. The van der Waals surface area contributed by atoms with Crippen molar-refractivity contribution in [3.05, 3.63) is 11.9 Å². The maximum atomic E-state index is 5.54. The van der Waals surface area contributed by atoms with Crippen molar-refractivity contribution in [2.75, 3.05) is 11.9 Å². The molecular formula is C12H23N3O. The minimum atomic E-state index is 0.283. The van der Waals surface area contributed by atoms with Gasteiger partial charge in [0.2, 0.25) is 5.95 Å². The molecule has 0 aromatic carbocycles. The van der Waals surface area contributed by atoms with Gasteiger partial charge in [-0.2, -0.15) is 0 Å². The fraction of sp³-hybridized carbons (Fsp3) is 0.750. The summed E-state index contributed by atoms with van der Waals surface area (Å²) in [5.41, 5.74) is 1.03. The van der Waals surface area contributed by atoms with E-state index in [4.69, 9.17) is 4.74 Å². The normalized spacial score (nSPS) is 11.4. The summed E-state index contributed by atoms with van der Waals surface area (Å²) in [6.07, 6.45) is 2.33. The van der Waals surface area contributed by atoms with Gasteiger partial charge in [0.15, 0.2) is 0 Å². The molecule has 0 aliphatic heterocycles. The number of hydrogen-bond donors (Lipinski definition) is 1. The summed E-state index contributed by atoms with van der Waals surface area (Å²) in [5.74, 6) is 0.930. The highest BCUT2D eigenvalue weighted by molar-refractivity contribution is 5.29. The van der Waals surface area contributed by atoms with Gasteiger partial charge in [-0.1, -0.05) is 0 Å². The number of ether oxygens (including phenoxy) is 1. The first-order valence-electron chi connectivity index (χ1n) is 5.91. The largest absolute Gasteiger partial charge is 0.377 e. The van der Waals surface area contributed by atoms with Crippen LogP contribution in [-0.4, -0.2) is 28.3 Å². The van der Waals surface area contributed by atoms with Gasteiger partial charge >= 0.3 is 0 Å². The molecule has 0 radical (unpaired) electrons. The van der Waals surface area contributed by atoms with Crippen molar-refractivity contribution in [1.82, 2.24) is 9.55 Å². The van der Waals surface area contributed by atoms with Gasteiger partial charge in [-0.15, -0.1) is 0 Å². The number of aromatic nitrogens is 2. The molecule has 1 heterocycles. The summed E-state index contributed by atoms with van der Waals surface area (Å²) in [6, 6.07) is 0.395. The SMILES string of the molecule is Cc1cn(CCOC(C)C)c(NC(C)C)n1. The quantitative estimate of drug-likeness (QED) is 0.808. The minimum absolute atomic E-state index is 0.283. The highest BCUT2D eigenvalue weighted by atomic mass is 16.5. The molecule has 92 valence electrons.